The van der Waals surface area contributed by atoms with Crippen LogP contribution in [0.3, 0.4) is 0 Å². The quantitative estimate of drug-likeness (QED) is 0.418. The van der Waals surface area contributed by atoms with Gasteiger partial charge in [-0.1, -0.05) is 23.7 Å². The normalized spacial score (nSPS) is 14.6. The van der Waals surface area contributed by atoms with Gasteiger partial charge in [-0.05, 0) is 42.7 Å². The van der Waals surface area contributed by atoms with Crippen molar-refractivity contribution in [2.75, 3.05) is 36.8 Å². The lowest BCUT2D eigenvalue weighted by Gasteiger charge is -2.24. The van der Waals surface area contributed by atoms with Gasteiger partial charge < -0.3 is 10.6 Å². The monoisotopic (exact) mass is 446 g/mol. The van der Waals surface area contributed by atoms with Crippen molar-refractivity contribution in [2.24, 2.45) is 0 Å². The van der Waals surface area contributed by atoms with Gasteiger partial charge in [0.05, 0.1) is 4.92 Å². The molecule has 1 aliphatic rings. The first-order valence-corrected chi connectivity index (χ1v) is 9.08. The summed E-state index contributed by atoms with van der Waals surface area (Å²) in [5.74, 6) is 0. The predicted octanol–water partition coefficient (Wildman–Crippen LogP) is 4.69. The second-order valence-corrected chi connectivity index (χ2v) is 7.13. The molecule has 1 saturated heterocycles. The Bertz CT molecular complexity index is 803. The van der Waals surface area contributed by atoms with Crippen LogP contribution in [0.25, 0.3) is 0 Å². The maximum Gasteiger partial charge on any atom is 0.292 e. The highest BCUT2D eigenvalue weighted by Crippen LogP contribution is 2.33. The van der Waals surface area contributed by atoms with E-state index in [0.29, 0.717) is 11.4 Å². The van der Waals surface area contributed by atoms with Gasteiger partial charge >= 0.3 is 0 Å². The van der Waals surface area contributed by atoms with Crippen LogP contribution in [0.1, 0.15) is 17.5 Å². The molecule has 2 aromatic rings. The number of rotatable bonds is 4. The minimum Gasteiger partial charge on any atom is -0.398 e. The maximum absolute atomic E-state index is 11.5. The molecule has 0 saturated carbocycles. The lowest BCUT2D eigenvalue weighted by molar-refractivity contribution is -0.384. The van der Waals surface area contributed by atoms with Gasteiger partial charge in [0.25, 0.3) is 5.69 Å². The van der Waals surface area contributed by atoms with Crippen molar-refractivity contribution in [3.05, 3.63) is 62.7 Å². The van der Waals surface area contributed by atoms with Gasteiger partial charge in [0.15, 0.2) is 0 Å². The molecule has 0 spiro atoms. The van der Waals surface area contributed by atoms with E-state index in [-0.39, 0.29) is 35.4 Å². The fourth-order valence-electron chi connectivity index (χ4n) is 3.31. The zero-order valence-electron chi connectivity index (χ0n) is 15.6. The number of halogens is 3. The number of nitro benzene ring substituents is 1. The number of nitrogens with zero attached hydrogens (tertiary/aromatic N) is 3. The van der Waals surface area contributed by atoms with Crippen LogP contribution in [0.15, 0.2) is 36.4 Å². The molecule has 0 atom stereocenters. The minimum atomic E-state index is -0.321. The molecule has 3 rings (SSSR count). The summed E-state index contributed by atoms with van der Waals surface area (Å²) in [5, 5.41) is 12.2. The van der Waals surface area contributed by atoms with E-state index in [0.717, 1.165) is 49.7 Å². The van der Waals surface area contributed by atoms with Gasteiger partial charge in [-0.2, -0.15) is 0 Å². The molecule has 0 amide bonds. The fraction of sp³-hybridized carbons (Fsp3) is 0.368. The fourth-order valence-corrected chi connectivity index (χ4v) is 3.44. The van der Waals surface area contributed by atoms with E-state index in [9.17, 15) is 10.1 Å². The van der Waals surface area contributed by atoms with Crippen LogP contribution in [-0.2, 0) is 6.54 Å². The Kier molecular flexibility index (Phi) is 9.30. The first kappa shape index (κ1) is 24.3. The maximum atomic E-state index is 11.5. The standard InChI is InChI=1S/C19H23ClN4O2.2ClH/c1-14-11-19(24(25)26)18(12-17(14)21)23-8-2-7-22(9-10-23)13-15-3-5-16(20)6-4-15;;/h3-6,11-12H,2,7-10,13,21H2,1H3;2*1H. The Morgan fingerprint density at radius 2 is 1.79 bits per heavy atom. The highest BCUT2D eigenvalue weighted by molar-refractivity contribution is 6.30. The summed E-state index contributed by atoms with van der Waals surface area (Å²) in [6.45, 7) is 5.95. The number of nitro groups is 1. The summed E-state index contributed by atoms with van der Waals surface area (Å²) in [5.41, 5.74) is 9.29. The average molecular weight is 448 g/mol. The first-order chi connectivity index (χ1) is 12.4. The molecule has 0 aromatic heterocycles. The summed E-state index contributed by atoms with van der Waals surface area (Å²) in [4.78, 5) is 15.6. The number of nitrogens with two attached hydrogens (primary N) is 1. The summed E-state index contributed by atoms with van der Waals surface area (Å²) < 4.78 is 0. The van der Waals surface area contributed by atoms with E-state index in [4.69, 9.17) is 17.3 Å². The van der Waals surface area contributed by atoms with Gasteiger partial charge in [0.2, 0.25) is 0 Å². The van der Waals surface area contributed by atoms with E-state index in [1.165, 1.54) is 5.56 Å². The van der Waals surface area contributed by atoms with Crippen LogP contribution in [0.4, 0.5) is 17.1 Å². The first-order valence-electron chi connectivity index (χ1n) is 8.70. The Labute approximate surface area is 182 Å². The van der Waals surface area contributed by atoms with Crippen molar-refractivity contribution in [3.8, 4) is 0 Å². The Hall–Kier alpha value is -1.73. The molecular formula is C19H25Cl3N4O2. The summed E-state index contributed by atoms with van der Waals surface area (Å²) in [6.07, 6.45) is 0.943. The average Bonchev–Trinajstić information content (AvgIpc) is 2.84. The highest BCUT2D eigenvalue weighted by atomic mass is 35.5. The third-order valence-corrected chi connectivity index (χ3v) is 5.06. The van der Waals surface area contributed by atoms with E-state index < -0.39 is 0 Å². The third kappa shape index (κ3) is 5.88. The molecule has 0 bridgehead atoms. The second kappa shape index (κ2) is 10.7. The smallest absolute Gasteiger partial charge is 0.292 e. The molecule has 28 heavy (non-hydrogen) atoms. The predicted molar refractivity (Wildman–Crippen MR) is 120 cm³/mol. The number of benzene rings is 2. The van der Waals surface area contributed by atoms with Gasteiger partial charge in [0.1, 0.15) is 5.69 Å². The van der Waals surface area contributed by atoms with Gasteiger partial charge in [0, 0.05) is 49.5 Å². The molecule has 0 unspecified atom stereocenters. The van der Waals surface area contributed by atoms with Crippen molar-refractivity contribution in [3.63, 3.8) is 0 Å². The van der Waals surface area contributed by atoms with Crippen molar-refractivity contribution in [1.29, 1.82) is 0 Å². The molecule has 1 heterocycles. The molecule has 1 aliphatic heterocycles. The molecule has 6 nitrogen and oxygen atoms in total. The summed E-state index contributed by atoms with van der Waals surface area (Å²) >= 11 is 5.95. The number of anilines is 2. The minimum absolute atomic E-state index is 0. The van der Waals surface area contributed by atoms with Crippen molar-refractivity contribution in [1.82, 2.24) is 4.90 Å². The zero-order valence-corrected chi connectivity index (χ0v) is 18.0. The van der Waals surface area contributed by atoms with E-state index in [1.54, 1.807) is 19.1 Å². The van der Waals surface area contributed by atoms with E-state index in [2.05, 4.69) is 9.80 Å². The Balaban J connectivity index is 0.00000196. The third-order valence-electron chi connectivity index (χ3n) is 4.81. The second-order valence-electron chi connectivity index (χ2n) is 6.70. The van der Waals surface area contributed by atoms with Crippen LogP contribution in [0.5, 0.6) is 0 Å². The number of aryl methyl sites for hydroxylation is 1. The molecular weight excluding hydrogens is 423 g/mol. The van der Waals surface area contributed by atoms with Crippen LogP contribution in [0.2, 0.25) is 5.02 Å². The van der Waals surface area contributed by atoms with Crippen LogP contribution in [0, 0.1) is 17.0 Å². The van der Waals surface area contributed by atoms with Crippen molar-refractivity contribution < 1.29 is 4.92 Å². The van der Waals surface area contributed by atoms with Gasteiger partial charge in [-0.25, -0.2) is 0 Å². The highest BCUT2D eigenvalue weighted by Gasteiger charge is 2.23. The van der Waals surface area contributed by atoms with Gasteiger partial charge in [-0.15, -0.1) is 24.8 Å². The number of hydrogen-bond donors (Lipinski definition) is 1. The van der Waals surface area contributed by atoms with Crippen molar-refractivity contribution >= 4 is 53.5 Å². The van der Waals surface area contributed by atoms with Crippen LogP contribution in [-0.4, -0.2) is 36.0 Å². The molecule has 9 heteroatoms. The zero-order chi connectivity index (χ0) is 18.7. The van der Waals surface area contributed by atoms with Crippen molar-refractivity contribution in [2.45, 2.75) is 19.9 Å². The molecule has 0 aliphatic carbocycles. The Morgan fingerprint density at radius 1 is 1.11 bits per heavy atom. The lowest BCUT2D eigenvalue weighted by Crippen LogP contribution is -2.31. The SMILES string of the molecule is Cc1cc([N+](=O)[O-])c(N2CCCN(Cc3ccc(Cl)cc3)CC2)cc1N.Cl.Cl. The molecule has 2 N–H and O–H groups in total. The summed E-state index contributed by atoms with van der Waals surface area (Å²) in [7, 11) is 0. The molecule has 0 radical (unpaired) electrons. The molecule has 1 fully saturated rings. The lowest BCUT2D eigenvalue weighted by atomic mass is 10.1. The van der Waals surface area contributed by atoms with Crippen LogP contribution < -0.4 is 10.6 Å². The van der Waals surface area contributed by atoms with Crippen LogP contribution >= 0.6 is 36.4 Å². The largest absolute Gasteiger partial charge is 0.398 e. The van der Waals surface area contributed by atoms with E-state index in [1.807, 2.05) is 24.3 Å². The summed E-state index contributed by atoms with van der Waals surface area (Å²) in [6, 6.07) is 11.2. The topological polar surface area (TPSA) is 75.6 Å². The Morgan fingerprint density at radius 3 is 2.43 bits per heavy atom. The number of nitrogen functional groups attached to an aromatic ring is 1. The molecule has 154 valence electrons. The van der Waals surface area contributed by atoms with Gasteiger partial charge in [-0.3, -0.25) is 15.0 Å². The molecule has 2 aromatic carbocycles. The van der Waals surface area contributed by atoms with E-state index >= 15 is 0 Å². The number of hydrogen-bond acceptors (Lipinski definition) is 5.